The average molecular weight is 320 g/mol. The predicted octanol–water partition coefficient (Wildman–Crippen LogP) is 3.46. The van der Waals surface area contributed by atoms with Crippen LogP contribution in [0.1, 0.15) is 24.8 Å². The van der Waals surface area contributed by atoms with Gasteiger partial charge in [-0.25, -0.2) is 9.13 Å². The summed E-state index contributed by atoms with van der Waals surface area (Å²) in [6, 6.07) is 19.5. The van der Waals surface area contributed by atoms with Crippen molar-refractivity contribution in [3.8, 4) is 0 Å². The number of hydrogen-bond donors (Lipinski definition) is 0. The highest BCUT2D eigenvalue weighted by Crippen LogP contribution is 2.13. The summed E-state index contributed by atoms with van der Waals surface area (Å²) in [6.45, 7) is 5.69. The number of fused-ring (bicyclic) bond motifs is 1. The van der Waals surface area contributed by atoms with E-state index in [4.69, 9.17) is 0 Å². The lowest BCUT2D eigenvalue weighted by Crippen LogP contribution is -2.34. The Morgan fingerprint density at radius 1 is 0.792 bits per heavy atom. The molecule has 0 aliphatic carbocycles. The number of likely N-dealkylation sites (tertiary alicyclic amines) is 1. The highest BCUT2D eigenvalue weighted by Gasteiger charge is 2.17. The molecule has 3 nitrogen and oxygen atoms in total. The summed E-state index contributed by atoms with van der Waals surface area (Å²) in [5, 5.41) is 0. The Bertz CT molecular complexity index is 785. The van der Waals surface area contributed by atoms with Gasteiger partial charge in [0, 0.05) is 6.54 Å². The molecular formula is C21H26N3+. The molecule has 3 aromatic rings. The van der Waals surface area contributed by atoms with Crippen LogP contribution in [0.25, 0.3) is 11.0 Å². The van der Waals surface area contributed by atoms with Crippen LogP contribution in [0.2, 0.25) is 0 Å². The zero-order chi connectivity index (χ0) is 16.2. The van der Waals surface area contributed by atoms with Crippen LogP contribution in [0.5, 0.6) is 0 Å². The summed E-state index contributed by atoms with van der Waals surface area (Å²) in [5.74, 6) is 0. The normalized spacial score (nSPS) is 15.8. The van der Waals surface area contributed by atoms with Gasteiger partial charge in [0.15, 0.2) is 11.0 Å². The molecule has 0 unspecified atom stereocenters. The van der Waals surface area contributed by atoms with E-state index in [1.807, 2.05) is 0 Å². The van der Waals surface area contributed by atoms with Crippen LogP contribution in [0.15, 0.2) is 60.9 Å². The van der Waals surface area contributed by atoms with Crippen molar-refractivity contribution < 1.29 is 4.57 Å². The summed E-state index contributed by atoms with van der Waals surface area (Å²) < 4.78 is 4.80. The Labute approximate surface area is 144 Å². The van der Waals surface area contributed by atoms with Crippen molar-refractivity contribution in [2.45, 2.75) is 32.4 Å². The van der Waals surface area contributed by atoms with E-state index in [1.54, 1.807) is 0 Å². The van der Waals surface area contributed by atoms with Gasteiger partial charge in [0.25, 0.3) is 0 Å². The highest BCUT2D eigenvalue weighted by atomic mass is 15.2. The van der Waals surface area contributed by atoms with Gasteiger partial charge in [-0.2, -0.15) is 0 Å². The summed E-state index contributed by atoms with van der Waals surface area (Å²) >= 11 is 0. The maximum absolute atomic E-state index is 2.61. The van der Waals surface area contributed by atoms with E-state index < -0.39 is 0 Å². The van der Waals surface area contributed by atoms with E-state index in [0.717, 1.165) is 19.6 Å². The zero-order valence-electron chi connectivity index (χ0n) is 14.3. The van der Waals surface area contributed by atoms with Crippen molar-refractivity contribution in [2.75, 3.05) is 19.6 Å². The quantitative estimate of drug-likeness (QED) is 0.656. The van der Waals surface area contributed by atoms with Crippen molar-refractivity contribution in [1.29, 1.82) is 0 Å². The molecule has 0 radical (unpaired) electrons. The number of piperidine rings is 1. The second kappa shape index (κ2) is 7.18. The maximum Gasteiger partial charge on any atom is 0.245 e. The molecule has 124 valence electrons. The van der Waals surface area contributed by atoms with Gasteiger partial charge in [-0.05, 0) is 43.6 Å². The van der Waals surface area contributed by atoms with E-state index in [9.17, 15) is 0 Å². The monoisotopic (exact) mass is 320 g/mol. The fourth-order valence-electron chi connectivity index (χ4n) is 3.76. The number of aromatic nitrogens is 2. The molecule has 24 heavy (non-hydrogen) atoms. The maximum atomic E-state index is 2.61. The van der Waals surface area contributed by atoms with Gasteiger partial charge >= 0.3 is 0 Å². The molecule has 0 amide bonds. The topological polar surface area (TPSA) is 12.0 Å². The highest BCUT2D eigenvalue weighted by molar-refractivity contribution is 5.71. The van der Waals surface area contributed by atoms with Crippen LogP contribution in [-0.4, -0.2) is 29.1 Å². The number of nitrogens with zero attached hydrogens (tertiary/aromatic N) is 3. The van der Waals surface area contributed by atoms with E-state index in [-0.39, 0.29) is 0 Å². The molecule has 1 fully saturated rings. The first-order chi connectivity index (χ1) is 11.9. The Morgan fingerprint density at radius 2 is 1.54 bits per heavy atom. The smallest absolute Gasteiger partial charge is 0.245 e. The molecule has 2 aromatic carbocycles. The van der Waals surface area contributed by atoms with Gasteiger partial charge in [0.05, 0.1) is 0 Å². The second-order valence-electron chi connectivity index (χ2n) is 6.81. The van der Waals surface area contributed by atoms with Crippen molar-refractivity contribution in [3.05, 3.63) is 66.5 Å². The van der Waals surface area contributed by atoms with E-state index >= 15 is 0 Å². The number of hydrogen-bond acceptors (Lipinski definition) is 1. The van der Waals surface area contributed by atoms with E-state index in [1.165, 1.54) is 48.9 Å². The molecule has 4 rings (SSSR count). The number of benzene rings is 2. The molecule has 2 heterocycles. The third kappa shape index (κ3) is 3.36. The minimum atomic E-state index is 0.929. The van der Waals surface area contributed by atoms with Crippen LogP contribution >= 0.6 is 0 Å². The molecular weight excluding hydrogens is 294 g/mol. The minimum Gasteiger partial charge on any atom is -0.299 e. The van der Waals surface area contributed by atoms with Gasteiger partial charge in [-0.15, -0.1) is 0 Å². The van der Waals surface area contributed by atoms with Crippen LogP contribution in [0.4, 0.5) is 0 Å². The van der Waals surface area contributed by atoms with E-state index in [2.05, 4.69) is 75.0 Å². The van der Waals surface area contributed by atoms with Gasteiger partial charge in [-0.3, -0.25) is 4.90 Å². The summed E-state index contributed by atoms with van der Waals surface area (Å²) in [4.78, 5) is 2.61. The fraction of sp³-hybridized carbons (Fsp3) is 0.381. The van der Waals surface area contributed by atoms with Crippen LogP contribution in [-0.2, 0) is 13.1 Å². The van der Waals surface area contributed by atoms with Crippen molar-refractivity contribution in [3.63, 3.8) is 0 Å². The number of imidazole rings is 1. The first kappa shape index (κ1) is 15.4. The van der Waals surface area contributed by atoms with Crippen LogP contribution < -0.4 is 4.57 Å². The van der Waals surface area contributed by atoms with Gasteiger partial charge < -0.3 is 0 Å². The molecule has 1 aromatic heterocycles. The van der Waals surface area contributed by atoms with E-state index in [0.29, 0.717) is 0 Å². The number of rotatable bonds is 5. The second-order valence-corrected chi connectivity index (χ2v) is 6.81. The van der Waals surface area contributed by atoms with Crippen LogP contribution in [0, 0.1) is 0 Å². The lowest BCUT2D eigenvalue weighted by atomic mass is 10.1. The third-order valence-corrected chi connectivity index (χ3v) is 5.08. The Morgan fingerprint density at radius 3 is 2.38 bits per heavy atom. The molecule has 1 aliphatic rings. The van der Waals surface area contributed by atoms with Gasteiger partial charge in [0.1, 0.15) is 13.1 Å². The number of para-hydroxylation sites is 2. The molecule has 0 spiro atoms. The third-order valence-electron chi connectivity index (χ3n) is 5.08. The predicted molar refractivity (Wildman–Crippen MR) is 98.0 cm³/mol. The standard InChI is InChI=1S/C21H26N3/c1-3-9-19(10-4-1)17-24-18-23(20-11-5-6-12-21(20)24)16-15-22-13-7-2-8-14-22/h1,3-6,9-12,18H,2,7-8,13-17H2/q+1. The van der Waals surface area contributed by atoms with Gasteiger partial charge in [-0.1, -0.05) is 48.9 Å². The Hall–Kier alpha value is -2.13. The lowest BCUT2D eigenvalue weighted by molar-refractivity contribution is -0.663. The molecule has 3 heteroatoms. The van der Waals surface area contributed by atoms with Crippen molar-refractivity contribution >= 4 is 11.0 Å². The molecule has 0 saturated carbocycles. The van der Waals surface area contributed by atoms with Crippen LogP contribution in [0.3, 0.4) is 0 Å². The Kier molecular flexibility index (Phi) is 4.61. The molecule has 0 atom stereocenters. The molecule has 0 bridgehead atoms. The minimum absolute atomic E-state index is 0.929. The Balaban J connectivity index is 1.56. The van der Waals surface area contributed by atoms with Crippen molar-refractivity contribution in [1.82, 2.24) is 9.47 Å². The van der Waals surface area contributed by atoms with Gasteiger partial charge in [0.2, 0.25) is 6.33 Å². The summed E-state index contributed by atoms with van der Waals surface area (Å²) in [5.41, 5.74) is 4.01. The molecule has 1 saturated heterocycles. The average Bonchev–Trinajstić information content (AvgIpc) is 3.00. The molecule has 1 aliphatic heterocycles. The van der Waals surface area contributed by atoms with Crippen molar-refractivity contribution in [2.24, 2.45) is 0 Å². The molecule has 0 N–H and O–H groups in total. The fourth-order valence-corrected chi connectivity index (χ4v) is 3.76. The first-order valence-corrected chi connectivity index (χ1v) is 9.14. The zero-order valence-corrected chi connectivity index (χ0v) is 14.3. The summed E-state index contributed by atoms with van der Waals surface area (Å²) in [7, 11) is 0. The largest absolute Gasteiger partial charge is 0.299 e. The SMILES string of the molecule is c1ccc(C[n+]2cn(CCN3CCCCC3)c3ccccc32)cc1. The lowest BCUT2D eigenvalue weighted by Gasteiger charge is -2.25. The summed E-state index contributed by atoms with van der Waals surface area (Å²) in [6.07, 6.45) is 6.42. The first-order valence-electron chi connectivity index (χ1n) is 9.14.